The Morgan fingerprint density at radius 2 is 1.80 bits per heavy atom. The van der Waals surface area contributed by atoms with Gasteiger partial charge in [0.1, 0.15) is 5.60 Å². The topological polar surface area (TPSA) is 84.5 Å². The third kappa shape index (κ3) is 7.10. The number of benzene rings is 1. The maximum Gasteiger partial charge on any atom is 0.422 e. The Morgan fingerprint density at radius 1 is 1.20 bits per heavy atom. The predicted molar refractivity (Wildman–Crippen MR) is 76.4 cm³/mol. The number of amides is 1. The van der Waals surface area contributed by atoms with Gasteiger partial charge in [-0.05, 0) is 32.8 Å². The van der Waals surface area contributed by atoms with Crippen LogP contribution in [0.25, 0.3) is 0 Å². The largest absolute Gasteiger partial charge is 0.443 e. The Hall–Kier alpha value is -1.60. The van der Waals surface area contributed by atoms with Gasteiger partial charge in [0, 0.05) is 6.54 Å². The summed E-state index contributed by atoms with van der Waals surface area (Å²) in [5.74, 6) is 0. The number of nitrogens with one attached hydrogen (secondary N) is 2. The van der Waals surface area contributed by atoms with Gasteiger partial charge in [-0.3, -0.25) is 0 Å². The first-order valence-corrected chi connectivity index (χ1v) is 7.70. The van der Waals surface area contributed by atoms with Crippen molar-refractivity contribution in [2.45, 2.75) is 32.8 Å². The zero-order valence-electron chi connectivity index (χ0n) is 11.8. The predicted octanol–water partition coefficient (Wildman–Crippen LogP) is 1.59. The molecule has 112 valence electrons. The zero-order valence-corrected chi connectivity index (χ0v) is 12.7. The van der Waals surface area contributed by atoms with Gasteiger partial charge in [0.25, 0.3) is 0 Å². The number of hydrogen-bond donors (Lipinski definition) is 2. The number of rotatable bonds is 5. The Labute approximate surface area is 119 Å². The van der Waals surface area contributed by atoms with Crippen molar-refractivity contribution in [3.8, 4) is 0 Å². The first-order valence-electron chi connectivity index (χ1n) is 6.22. The van der Waals surface area contributed by atoms with Gasteiger partial charge in [-0.25, -0.2) is 9.52 Å². The van der Waals surface area contributed by atoms with E-state index in [1.807, 2.05) is 30.3 Å². The van der Waals surface area contributed by atoms with E-state index in [2.05, 4.69) is 4.72 Å². The van der Waals surface area contributed by atoms with Crippen molar-refractivity contribution < 1.29 is 17.9 Å². The van der Waals surface area contributed by atoms with E-state index in [9.17, 15) is 13.2 Å². The third-order valence-corrected chi connectivity index (χ3v) is 3.18. The Bertz CT molecular complexity index is 535. The van der Waals surface area contributed by atoms with Crippen LogP contribution in [0.4, 0.5) is 4.79 Å². The molecule has 0 atom stereocenters. The molecule has 0 bridgehead atoms. The summed E-state index contributed by atoms with van der Waals surface area (Å²) in [7, 11) is -3.90. The molecule has 0 saturated heterocycles. The van der Waals surface area contributed by atoms with E-state index in [0.717, 1.165) is 5.56 Å². The second-order valence-electron chi connectivity index (χ2n) is 5.24. The Kier molecular flexibility index (Phi) is 5.52. The molecule has 6 nitrogen and oxygen atoms in total. The lowest BCUT2D eigenvalue weighted by molar-refractivity contribution is 0.0569. The van der Waals surface area contributed by atoms with Crippen molar-refractivity contribution in [1.29, 1.82) is 0 Å². The molecule has 0 fully saturated rings. The summed E-state index contributed by atoms with van der Waals surface area (Å²) >= 11 is 0. The normalized spacial score (nSPS) is 11.9. The molecule has 20 heavy (non-hydrogen) atoms. The van der Waals surface area contributed by atoms with E-state index in [4.69, 9.17) is 4.74 Å². The molecule has 1 amide bonds. The lowest BCUT2D eigenvalue weighted by atomic mass is 10.2. The summed E-state index contributed by atoms with van der Waals surface area (Å²) in [5.41, 5.74) is 0.261. The number of carbonyl (C=O) groups is 1. The van der Waals surface area contributed by atoms with Crippen molar-refractivity contribution in [2.75, 3.05) is 6.54 Å². The summed E-state index contributed by atoms with van der Waals surface area (Å²) in [6.07, 6.45) is -0.458. The van der Waals surface area contributed by atoms with Crippen LogP contribution in [0.5, 0.6) is 0 Å². The van der Waals surface area contributed by atoms with Crippen LogP contribution in [-0.2, 0) is 21.4 Å². The fourth-order valence-electron chi connectivity index (χ4n) is 1.42. The highest BCUT2D eigenvalue weighted by Gasteiger charge is 2.20. The molecule has 0 aromatic heterocycles. The SMILES string of the molecule is CC(C)(C)OC(=O)NS(=O)(=O)NCCc1ccccc1. The summed E-state index contributed by atoms with van der Waals surface area (Å²) in [6.45, 7) is 5.16. The minimum atomic E-state index is -3.90. The minimum Gasteiger partial charge on any atom is -0.443 e. The van der Waals surface area contributed by atoms with Gasteiger partial charge in [0.05, 0.1) is 0 Å². The first-order chi connectivity index (χ1) is 9.18. The van der Waals surface area contributed by atoms with Crippen molar-refractivity contribution in [3.05, 3.63) is 35.9 Å². The van der Waals surface area contributed by atoms with Crippen LogP contribution in [-0.4, -0.2) is 26.7 Å². The monoisotopic (exact) mass is 300 g/mol. The van der Waals surface area contributed by atoms with Crippen LogP contribution in [0.15, 0.2) is 30.3 Å². The molecule has 0 aliphatic heterocycles. The van der Waals surface area contributed by atoms with Crippen molar-refractivity contribution in [3.63, 3.8) is 0 Å². The number of ether oxygens (including phenoxy) is 1. The first kappa shape index (κ1) is 16.5. The van der Waals surface area contributed by atoms with Crippen LogP contribution >= 0.6 is 0 Å². The molecule has 7 heteroatoms. The van der Waals surface area contributed by atoms with Crippen molar-refractivity contribution >= 4 is 16.3 Å². The molecule has 1 rings (SSSR count). The smallest absolute Gasteiger partial charge is 0.422 e. The van der Waals surface area contributed by atoms with Gasteiger partial charge in [-0.1, -0.05) is 30.3 Å². The van der Waals surface area contributed by atoms with E-state index in [1.165, 1.54) is 0 Å². The molecule has 0 spiro atoms. The van der Waals surface area contributed by atoms with E-state index in [1.54, 1.807) is 25.5 Å². The van der Waals surface area contributed by atoms with Crippen LogP contribution in [0.3, 0.4) is 0 Å². The number of hydrogen-bond acceptors (Lipinski definition) is 4. The molecule has 0 unspecified atom stereocenters. The fraction of sp³-hybridized carbons (Fsp3) is 0.462. The third-order valence-electron chi connectivity index (χ3n) is 2.17. The fourth-order valence-corrected chi connectivity index (χ4v) is 2.12. The van der Waals surface area contributed by atoms with Crippen molar-refractivity contribution in [1.82, 2.24) is 9.44 Å². The maximum atomic E-state index is 11.6. The van der Waals surface area contributed by atoms with Crippen molar-refractivity contribution in [2.24, 2.45) is 0 Å². The average Bonchev–Trinajstić information content (AvgIpc) is 2.26. The lowest BCUT2D eigenvalue weighted by Gasteiger charge is -2.19. The van der Waals surface area contributed by atoms with E-state index >= 15 is 0 Å². The molecular weight excluding hydrogens is 280 g/mol. The number of carbonyl (C=O) groups excluding carboxylic acids is 1. The molecule has 0 aliphatic carbocycles. The van der Waals surface area contributed by atoms with Gasteiger partial charge in [-0.15, -0.1) is 0 Å². The van der Waals surface area contributed by atoms with E-state index in [-0.39, 0.29) is 6.54 Å². The summed E-state index contributed by atoms with van der Waals surface area (Å²) in [6, 6.07) is 9.44. The van der Waals surface area contributed by atoms with Crippen LogP contribution < -0.4 is 9.44 Å². The van der Waals surface area contributed by atoms with Crippen LogP contribution in [0.2, 0.25) is 0 Å². The molecule has 1 aromatic rings. The summed E-state index contributed by atoms with van der Waals surface area (Å²) in [4.78, 5) is 11.4. The average molecular weight is 300 g/mol. The molecular formula is C13H20N2O4S. The van der Waals surface area contributed by atoms with Gasteiger partial charge >= 0.3 is 16.3 Å². The van der Waals surface area contributed by atoms with Crippen LogP contribution in [0, 0.1) is 0 Å². The minimum absolute atomic E-state index is 0.197. The highest BCUT2D eigenvalue weighted by molar-refractivity contribution is 7.88. The van der Waals surface area contributed by atoms with Crippen LogP contribution in [0.1, 0.15) is 26.3 Å². The molecule has 1 aromatic carbocycles. The maximum absolute atomic E-state index is 11.6. The second kappa shape index (κ2) is 6.71. The highest BCUT2D eigenvalue weighted by atomic mass is 32.2. The molecule has 2 N–H and O–H groups in total. The van der Waals surface area contributed by atoms with Gasteiger partial charge in [0.15, 0.2) is 0 Å². The van der Waals surface area contributed by atoms with Gasteiger partial charge in [0.2, 0.25) is 0 Å². The second-order valence-corrected chi connectivity index (χ2v) is 6.74. The highest BCUT2D eigenvalue weighted by Crippen LogP contribution is 2.06. The van der Waals surface area contributed by atoms with Gasteiger partial charge < -0.3 is 4.74 Å². The van der Waals surface area contributed by atoms with Gasteiger partial charge in [-0.2, -0.15) is 13.1 Å². The molecule has 0 radical (unpaired) electrons. The van der Waals surface area contributed by atoms with E-state index in [0.29, 0.717) is 6.42 Å². The molecule has 0 heterocycles. The zero-order chi connectivity index (χ0) is 15.2. The summed E-state index contributed by atoms with van der Waals surface area (Å²) in [5, 5.41) is 0. The standard InChI is InChI=1S/C13H20N2O4S/c1-13(2,3)19-12(16)15-20(17,18)14-10-9-11-7-5-4-6-8-11/h4-8,14H,9-10H2,1-3H3,(H,15,16). The Morgan fingerprint density at radius 3 is 2.35 bits per heavy atom. The Balaban J connectivity index is 2.40. The quantitative estimate of drug-likeness (QED) is 0.865. The molecule has 0 aliphatic rings. The van der Waals surface area contributed by atoms with E-state index < -0.39 is 21.9 Å². The summed E-state index contributed by atoms with van der Waals surface area (Å²) < 4.78 is 32.1. The molecule has 0 saturated carbocycles. The lowest BCUT2D eigenvalue weighted by Crippen LogP contribution is -2.43.